The molecule has 3 aromatic rings. The fraction of sp³-hybridized carbons (Fsp3) is 0.0769. The molecule has 90 valence electrons. The Bertz CT molecular complexity index is 708. The molecule has 18 heavy (non-hydrogen) atoms. The maximum Gasteiger partial charge on any atom is 0.245 e. The van der Waals surface area contributed by atoms with Crippen LogP contribution >= 0.6 is 22.6 Å². The van der Waals surface area contributed by atoms with E-state index >= 15 is 0 Å². The van der Waals surface area contributed by atoms with Crippen molar-refractivity contribution in [2.45, 2.75) is 6.92 Å². The first-order valence-electron chi connectivity index (χ1n) is 5.47. The van der Waals surface area contributed by atoms with E-state index in [1.807, 2.05) is 43.5 Å². The van der Waals surface area contributed by atoms with E-state index in [-0.39, 0.29) is 0 Å². The number of rotatable bonds is 2. The molecule has 0 bridgehead atoms. The van der Waals surface area contributed by atoms with Gasteiger partial charge in [-0.3, -0.25) is 0 Å². The van der Waals surface area contributed by atoms with Crippen LogP contribution in [0.15, 0.2) is 42.7 Å². The van der Waals surface area contributed by atoms with Crippen molar-refractivity contribution in [3.63, 3.8) is 0 Å². The molecule has 0 saturated heterocycles. The molecular formula is C13H10IN3O. The van der Waals surface area contributed by atoms with Gasteiger partial charge in [0, 0.05) is 12.4 Å². The van der Waals surface area contributed by atoms with Crippen molar-refractivity contribution in [1.29, 1.82) is 0 Å². The monoisotopic (exact) mass is 351 g/mol. The molecule has 2 heterocycles. The van der Waals surface area contributed by atoms with E-state index in [1.54, 1.807) is 10.7 Å². The Morgan fingerprint density at radius 2 is 2.11 bits per heavy atom. The number of aryl methyl sites for hydroxylation is 1. The summed E-state index contributed by atoms with van der Waals surface area (Å²) in [6, 6.07) is 9.80. The third-order valence-corrected chi connectivity index (χ3v) is 3.41. The van der Waals surface area contributed by atoms with Crippen LogP contribution in [0, 0.1) is 10.5 Å². The van der Waals surface area contributed by atoms with Gasteiger partial charge < -0.3 is 4.74 Å². The van der Waals surface area contributed by atoms with Gasteiger partial charge in [-0.15, -0.1) is 0 Å². The zero-order valence-electron chi connectivity index (χ0n) is 9.67. The maximum absolute atomic E-state index is 5.86. The first-order valence-corrected chi connectivity index (χ1v) is 6.55. The number of aromatic nitrogens is 3. The molecule has 0 aliphatic rings. The first kappa shape index (κ1) is 11.5. The van der Waals surface area contributed by atoms with Crippen LogP contribution in [0.5, 0.6) is 11.6 Å². The number of fused-ring (bicyclic) bond motifs is 1. The molecule has 0 amide bonds. The minimum absolute atomic E-state index is 0.571. The summed E-state index contributed by atoms with van der Waals surface area (Å²) >= 11 is 2.24. The Hall–Kier alpha value is -1.63. The third kappa shape index (κ3) is 2.05. The fourth-order valence-electron chi connectivity index (χ4n) is 1.73. The van der Waals surface area contributed by atoms with Crippen molar-refractivity contribution in [3.05, 3.63) is 52.0 Å². The van der Waals surface area contributed by atoms with Gasteiger partial charge in [-0.2, -0.15) is 5.10 Å². The average Bonchev–Trinajstić information content (AvgIpc) is 2.73. The minimum atomic E-state index is 0.571. The Morgan fingerprint density at radius 3 is 2.94 bits per heavy atom. The molecule has 4 nitrogen and oxygen atoms in total. The topological polar surface area (TPSA) is 39.4 Å². The molecule has 2 aromatic heterocycles. The summed E-state index contributed by atoms with van der Waals surface area (Å²) in [5.74, 6) is 1.37. The van der Waals surface area contributed by atoms with Gasteiger partial charge in [-0.1, -0.05) is 12.1 Å². The number of nitrogens with zero attached hydrogens (tertiary/aromatic N) is 3. The van der Waals surface area contributed by atoms with E-state index in [2.05, 4.69) is 32.7 Å². The van der Waals surface area contributed by atoms with Gasteiger partial charge >= 0.3 is 0 Å². The second-order valence-electron chi connectivity index (χ2n) is 3.88. The lowest BCUT2D eigenvalue weighted by molar-refractivity contribution is 0.462. The molecule has 0 fully saturated rings. The van der Waals surface area contributed by atoms with Crippen LogP contribution in [0.2, 0.25) is 0 Å². The number of hydrogen-bond acceptors (Lipinski definition) is 3. The SMILES string of the molecule is Cc1cc2c(Oc3ccccc3I)nccn2n1. The van der Waals surface area contributed by atoms with Crippen molar-refractivity contribution in [3.8, 4) is 11.6 Å². The van der Waals surface area contributed by atoms with E-state index in [1.165, 1.54) is 0 Å². The van der Waals surface area contributed by atoms with Crippen LogP contribution in [-0.2, 0) is 0 Å². The van der Waals surface area contributed by atoms with Gasteiger partial charge in [0.1, 0.15) is 11.3 Å². The lowest BCUT2D eigenvalue weighted by Gasteiger charge is -2.07. The van der Waals surface area contributed by atoms with Gasteiger partial charge in [0.2, 0.25) is 5.88 Å². The molecule has 5 heteroatoms. The normalized spacial score (nSPS) is 10.8. The summed E-state index contributed by atoms with van der Waals surface area (Å²) in [6.45, 7) is 1.95. The quantitative estimate of drug-likeness (QED) is 0.664. The van der Waals surface area contributed by atoms with Crippen LogP contribution in [0.1, 0.15) is 5.69 Å². The molecule has 0 unspecified atom stereocenters. The highest BCUT2D eigenvalue weighted by Crippen LogP contribution is 2.27. The van der Waals surface area contributed by atoms with Crippen molar-refractivity contribution in [2.24, 2.45) is 0 Å². The van der Waals surface area contributed by atoms with Crippen LogP contribution in [0.4, 0.5) is 0 Å². The molecule has 3 rings (SSSR count). The molecule has 0 radical (unpaired) electrons. The van der Waals surface area contributed by atoms with Crippen LogP contribution in [0.3, 0.4) is 0 Å². The number of benzene rings is 1. The molecule has 0 saturated carbocycles. The summed E-state index contributed by atoms with van der Waals surface area (Å²) in [6.07, 6.45) is 3.50. The van der Waals surface area contributed by atoms with Crippen molar-refractivity contribution >= 4 is 28.1 Å². The maximum atomic E-state index is 5.86. The molecule has 0 aliphatic carbocycles. The Kier molecular flexibility index (Phi) is 2.91. The number of para-hydroxylation sites is 1. The predicted molar refractivity (Wildman–Crippen MR) is 77.0 cm³/mol. The van der Waals surface area contributed by atoms with E-state index in [0.29, 0.717) is 5.88 Å². The highest BCUT2D eigenvalue weighted by Gasteiger charge is 2.09. The minimum Gasteiger partial charge on any atom is -0.436 e. The molecule has 0 N–H and O–H groups in total. The van der Waals surface area contributed by atoms with Gasteiger partial charge in [-0.05, 0) is 47.7 Å². The second kappa shape index (κ2) is 4.56. The molecule has 0 aliphatic heterocycles. The van der Waals surface area contributed by atoms with Gasteiger partial charge in [-0.25, -0.2) is 9.50 Å². The van der Waals surface area contributed by atoms with Gasteiger partial charge in [0.05, 0.1) is 9.26 Å². The zero-order valence-corrected chi connectivity index (χ0v) is 11.8. The van der Waals surface area contributed by atoms with Crippen LogP contribution < -0.4 is 4.74 Å². The first-order chi connectivity index (χ1) is 8.74. The lowest BCUT2D eigenvalue weighted by atomic mass is 10.3. The van der Waals surface area contributed by atoms with Crippen molar-refractivity contribution < 1.29 is 4.74 Å². The van der Waals surface area contributed by atoms with Crippen LogP contribution in [-0.4, -0.2) is 14.6 Å². The van der Waals surface area contributed by atoms with E-state index in [9.17, 15) is 0 Å². The summed E-state index contributed by atoms with van der Waals surface area (Å²) in [5, 5.41) is 4.33. The predicted octanol–water partition coefficient (Wildman–Crippen LogP) is 3.43. The largest absolute Gasteiger partial charge is 0.436 e. The summed E-state index contributed by atoms with van der Waals surface area (Å²) < 4.78 is 8.68. The summed E-state index contributed by atoms with van der Waals surface area (Å²) in [5.41, 5.74) is 1.81. The molecule has 0 atom stereocenters. The molecule has 1 aromatic carbocycles. The van der Waals surface area contributed by atoms with Gasteiger partial charge in [0.25, 0.3) is 0 Å². The summed E-state index contributed by atoms with van der Waals surface area (Å²) in [7, 11) is 0. The zero-order chi connectivity index (χ0) is 12.5. The van der Waals surface area contributed by atoms with E-state index < -0.39 is 0 Å². The number of ether oxygens (including phenoxy) is 1. The highest BCUT2D eigenvalue weighted by atomic mass is 127. The second-order valence-corrected chi connectivity index (χ2v) is 5.04. The fourth-order valence-corrected chi connectivity index (χ4v) is 2.23. The van der Waals surface area contributed by atoms with Crippen LogP contribution in [0.25, 0.3) is 5.52 Å². The number of halogens is 1. The Morgan fingerprint density at radius 1 is 1.28 bits per heavy atom. The third-order valence-electron chi connectivity index (χ3n) is 2.52. The molecule has 0 spiro atoms. The van der Waals surface area contributed by atoms with Crippen molar-refractivity contribution in [2.75, 3.05) is 0 Å². The van der Waals surface area contributed by atoms with Crippen molar-refractivity contribution in [1.82, 2.24) is 14.6 Å². The highest BCUT2D eigenvalue weighted by molar-refractivity contribution is 14.1. The number of hydrogen-bond donors (Lipinski definition) is 0. The van der Waals surface area contributed by atoms with E-state index in [4.69, 9.17) is 4.74 Å². The average molecular weight is 351 g/mol. The standard InChI is InChI=1S/C13H10IN3O/c1-9-8-11-13(15-6-7-17(11)16-9)18-12-5-3-2-4-10(12)14/h2-8H,1H3. The lowest BCUT2D eigenvalue weighted by Crippen LogP contribution is -1.94. The molecular weight excluding hydrogens is 341 g/mol. The summed E-state index contributed by atoms with van der Waals surface area (Å²) in [4.78, 5) is 4.27. The van der Waals surface area contributed by atoms with E-state index in [0.717, 1.165) is 20.5 Å². The van der Waals surface area contributed by atoms with Gasteiger partial charge in [0.15, 0.2) is 0 Å². The Labute approximate surface area is 118 Å². The Balaban J connectivity index is 2.07. The smallest absolute Gasteiger partial charge is 0.245 e.